The van der Waals surface area contributed by atoms with Crippen LogP contribution in [0.25, 0.3) is 32.8 Å². The summed E-state index contributed by atoms with van der Waals surface area (Å²) in [7, 11) is 0. The lowest BCUT2D eigenvalue weighted by atomic mass is 9.93. The number of hydrogen-bond acceptors (Lipinski definition) is 9. The number of ether oxygens (including phenoxy) is 2. The minimum atomic E-state index is -4.74. The van der Waals surface area contributed by atoms with Crippen LogP contribution in [0.15, 0.2) is 41.3 Å². The lowest BCUT2D eigenvalue weighted by molar-refractivity contribution is -0.0328. The topological polar surface area (TPSA) is 83.0 Å². The Labute approximate surface area is 296 Å². The number of anilines is 1. The highest BCUT2D eigenvalue weighted by Gasteiger charge is 2.48. The number of hydrogen-bond donors (Lipinski definition) is 2. The van der Waals surface area contributed by atoms with Crippen molar-refractivity contribution in [2.45, 2.75) is 48.2 Å². The smallest absolute Gasteiger partial charge is 0.446 e. The normalized spacial score (nSPS) is 25.4. The maximum atomic E-state index is 17.3. The molecule has 4 saturated heterocycles. The second-order valence-corrected chi connectivity index (χ2v) is 16.1. The number of piperazine rings is 1. The van der Waals surface area contributed by atoms with Crippen LogP contribution in [0.4, 0.5) is 23.4 Å². The third-order valence-electron chi connectivity index (χ3n) is 11.3. The summed E-state index contributed by atoms with van der Waals surface area (Å²) in [6.45, 7) is 6.02. The number of nitrogens with one attached hydrogen (secondary N) is 1. The van der Waals surface area contributed by atoms with E-state index >= 15 is 4.39 Å². The van der Waals surface area contributed by atoms with Crippen molar-refractivity contribution >= 4 is 39.3 Å². The van der Waals surface area contributed by atoms with Crippen LogP contribution in [0.2, 0.25) is 0 Å². The van der Waals surface area contributed by atoms with Gasteiger partial charge in [0.2, 0.25) is 0 Å². The van der Waals surface area contributed by atoms with E-state index in [0.717, 1.165) is 58.5 Å². The number of terminal acetylenes is 1. The van der Waals surface area contributed by atoms with E-state index < -0.39 is 23.1 Å². The Morgan fingerprint density at radius 3 is 2.49 bits per heavy atom. The molecule has 9 rings (SSSR count). The van der Waals surface area contributed by atoms with Gasteiger partial charge in [-0.2, -0.15) is 23.1 Å². The fourth-order valence-corrected chi connectivity index (χ4v) is 9.49. The van der Waals surface area contributed by atoms with Gasteiger partial charge in [-0.15, -0.1) is 6.42 Å². The molecule has 0 amide bonds. The quantitative estimate of drug-likeness (QED) is 0.120. The van der Waals surface area contributed by atoms with Crippen molar-refractivity contribution in [2.75, 3.05) is 57.4 Å². The molecule has 4 aliphatic heterocycles. The van der Waals surface area contributed by atoms with Crippen molar-refractivity contribution in [2.24, 2.45) is 17.3 Å². The first kappa shape index (κ1) is 33.0. The minimum absolute atomic E-state index is 0.00694. The maximum absolute atomic E-state index is 17.3. The molecule has 5 heterocycles. The fourth-order valence-electron chi connectivity index (χ4n) is 8.76. The van der Waals surface area contributed by atoms with E-state index in [9.17, 15) is 18.3 Å². The van der Waals surface area contributed by atoms with E-state index in [-0.39, 0.29) is 56.2 Å². The molecule has 0 spiro atoms. The van der Waals surface area contributed by atoms with E-state index in [4.69, 9.17) is 20.9 Å². The Morgan fingerprint density at radius 2 is 1.80 bits per heavy atom. The van der Waals surface area contributed by atoms with Crippen LogP contribution >= 0.6 is 11.8 Å². The number of benzene rings is 3. The fraction of sp³-hybridized carbons (Fsp3) is 0.474. The molecule has 266 valence electrons. The Kier molecular flexibility index (Phi) is 8.03. The summed E-state index contributed by atoms with van der Waals surface area (Å²) in [5, 5.41) is 15.3. The van der Waals surface area contributed by atoms with Crippen molar-refractivity contribution in [3.8, 4) is 35.2 Å². The van der Waals surface area contributed by atoms with Gasteiger partial charge in [0, 0.05) is 88.9 Å². The number of likely N-dealkylation sites (tertiary alicyclic amines) is 1. The molecular formula is C38H37F4N5O3S. The van der Waals surface area contributed by atoms with Gasteiger partial charge in [0.05, 0.1) is 19.8 Å². The largest absolute Gasteiger partial charge is 0.508 e. The SMILES string of the molecule is C#Cc1cccc2cc(O)cc(-c3c(SC(F)(F)F)cc4c(N5CC6CCC(C5)N6)nc(OCC5(CN6C[C@H]7COC[C@H]7C6)CC5)nc4c3F)c12. The van der Waals surface area contributed by atoms with E-state index in [1.165, 1.54) is 18.2 Å². The summed E-state index contributed by atoms with van der Waals surface area (Å²) in [5.41, 5.74) is -4.88. The molecule has 4 aromatic rings. The number of nitrogens with zero attached hydrogens (tertiary/aromatic N) is 4. The zero-order valence-corrected chi connectivity index (χ0v) is 28.6. The zero-order chi connectivity index (χ0) is 35.1. The first-order chi connectivity index (χ1) is 24.5. The second kappa shape index (κ2) is 12.4. The molecule has 0 radical (unpaired) electrons. The number of fused-ring (bicyclic) bond motifs is 5. The summed E-state index contributed by atoms with van der Waals surface area (Å²) in [6, 6.07) is 9.41. The van der Waals surface area contributed by atoms with E-state index in [0.29, 0.717) is 53.7 Å². The van der Waals surface area contributed by atoms with Crippen molar-refractivity contribution in [1.82, 2.24) is 20.2 Å². The van der Waals surface area contributed by atoms with Gasteiger partial charge in [-0.05, 0) is 72.7 Å². The number of thioether (sulfide) groups is 1. The molecule has 5 aliphatic rings. The van der Waals surface area contributed by atoms with Gasteiger partial charge in [0.25, 0.3) is 0 Å². The molecule has 51 heavy (non-hydrogen) atoms. The Morgan fingerprint density at radius 1 is 1.06 bits per heavy atom. The van der Waals surface area contributed by atoms with Crippen LogP contribution in [-0.2, 0) is 4.74 Å². The molecular weight excluding hydrogens is 683 g/mol. The van der Waals surface area contributed by atoms with Gasteiger partial charge in [-0.3, -0.25) is 0 Å². The Balaban J connectivity index is 1.16. The molecule has 2 N–H and O–H groups in total. The molecule has 8 nitrogen and oxygen atoms in total. The van der Waals surface area contributed by atoms with Crippen LogP contribution < -0.4 is 15.0 Å². The standard InChI is InChI=1S/C38H37F4N5O3S/c1-2-21-4-3-5-22-10-27(48)11-28(31(21)22)32-30(51-38(40,41)42)12-29-34(33(32)39)44-36(45-35(29)47-15-25-6-7-26(16-47)43-25)50-20-37(8-9-37)19-46-13-23-17-49-18-24(23)14-46/h1,3-5,10-12,23-26,43,48H,6-9,13-20H2/t23-,24+,25?,26?. The molecule has 4 atom stereocenters. The number of aromatic nitrogens is 2. The average molecular weight is 720 g/mol. The van der Waals surface area contributed by atoms with Gasteiger partial charge in [0.1, 0.15) is 17.1 Å². The summed E-state index contributed by atoms with van der Waals surface area (Å²) in [5.74, 6) is 2.87. The number of aromatic hydroxyl groups is 1. The Hall–Kier alpha value is -3.83. The maximum Gasteiger partial charge on any atom is 0.446 e. The predicted molar refractivity (Wildman–Crippen MR) is 188 cm³/mol. The van der Waals surface area contributed by atoms with Gasteiger partial charge in [-0.1, -0.05) is 18.1 Å². The van der Waals surface area contributed by atoms with Crippen LogP contribution in [0.1, 0.15) is 31.2 Å². The van der Waals surface area contributed by atoms with Gasteiger partial charge < -0.3 is 29.7 Å². The van der Waals surface area contributed by atoms with Crippen LogP contribution in [-0.4, -0.2) is 90.1 Å². The highest BCUT2D eigenvalue weighted by molar-refractivity contribution is 8.00. The molecule has 1 aromatic heterocycles. The molecule has 1 aliphatic carbocycles. The monoisotopic (exact) mass is 719 g/mol. The van der Waals surface area contributed by atoms with Crippen molar-refractivity contribution in [1.29, 1.82) is 0 Å². The lowest BCUT2D eigenvalue weighted by Gasteiger charge is -2.34. The van der Waals surface area contributed by atoms with E-state index in [2.05, 4.69) is 21.1 Å². The number of rotatable bonds is 8. The average Bonchev–Trinajstić information content (AvgIpc) is 3.33. The first-order valence-corrected chi connectivity index (χ1v) is 18.3. The van der Waals surface area contributed by atoms with E-state index in [1.807, 2.05) is 4.90 Å². The lowest BCUT2D eigenvalue weighted by Crippen LogP contribution is -2.51. The predicted octanol–water partition coefficient (Wildman–Crippen LogP) is 6.57. The van der Waals surface area contributed by atoms with Crippen molar-refractivity contribution in [3.05, 3.63) is 47.8 Å². The molecule has 1 saturated carbocycles. The van der Waals surface area contributed by atoms with Crippen molar-refractivity contribution in [3.63, 3.8) is 0 Å². The number of phenolic OH excluding ortho intramolecular Hbond substituents is 1. The molecule has 13 heteroatoms. The van der Waals surface area contributed by atoms with Crippen molar-refractivity contribution < 1.29 is 32.1 Å². The summed E-state index contributed by atoms with van der Waals surface area (Å²) in [6.07, 6.45) is 9.75. The summed E-state index contributed by atoms with van der Waals surface area (Å²) < 4.78 is 72.1. The molecule has 5 fully saturated rings. The zero-order valence-electron chi connectivity index (χ0n) is 27.8. The molecule has 3 aromatic carbocycles. The third-order valence-corrected chi connectivity index (χ3v) is 12.1. The first-order valence-electron chi connectivity index (χ1n) is 17.5. The molecule has 2 bridgehead atoms. The third kappa shape index (κ3) is 6.24. The Bertz CT molecular complexity index is 2060. The highest BCUT2D eigenvalue weighted by atomic mass is 32.2. The number of alkyl halides is 3. The van der Waals surface area contributed by atoms with Gasteiger partial charge in [-0.25, -0.2) is 4.39 Å². The van der Waals surface area contributed by atoms with Crippen LogP contribution in [0, 0.1) is 35.4 Å². The summed E-state index contributed by atoms with van der Waals surface area (Å²) >= 11 is -0.409. The number of halogens is 4. The van der Waals surface area contributed by atoms with Gasteiger partial charge >= 0.3 is 11.5 Å². The summed E-state index contributed by atoms with van der Waals surface area (Å²) in [4.78, 5) is 13.5. The van der Waals surface area contributed by atoms with Crippen LogP contribution in [0.3, 0.4) is 0 Å². The minimum Gasteiger partial charge on any atom is -0.508 e. The van der Waals surface area contributed by atoms with Gasteiger partial charge in [0.15, 0.2) is 5.82 Å². The number of phenols is 1. The highest BCUT2D eigenvalue weighted by Crippen LogP contribution is 2.50. The second-order valence-electron chi connectivity index (χ2n) is 15.0. The van der Waals surface area contributed by atoms with Crippen LogP contribution in [0.5, 0.6) is 11.8 Å². The van der Waals surface area contributed by atoms with E-state index in [1.54, 1.807) is 18.2 Å². The molecule has 2 unspecified atom stereocenters.